The van der Waals surface area contributed by atoms with E-state index in [2.05, 4.69) is 0 Å². The van der Waals surface area contributed by atoms with Gasteiger partial charge in [-0.05, 0) is 42.2 Å². The monoisotopic (exact) mass is 300 g/mol. The molecule has 2 aromatic rings. The van der Waals surface area contributed by atoms with Crippen LogP contribution in [-0.4, -0.2) is 0 Å². The maximum absolute atomic E-state index is 13.6. The van der Waals surface area contributed by atoms with Gasteiger partial charge >= 0.3 is 0 Å². The second kappa shape index (κ2) is 5.89. The molecular formula is C15H12Cl2F2. The maximum atomic E-state index is 13.6. The topological polar surface area (TPSA) is 0 Å². The minimum atomic E-state index is -0.857. The Balaban J connectivity index is 2.28. The average Bonchev–Trinajstić information content (AvgIpc) is 2.38. The van der Waals surface area contributed by atoms with Crippen LogP contribution in [-0.2, 0) is 6.42 Å². The van der Waals surface area contributed by atoms with Gasteiger partial charge in [-0.15, -0.1) is 11.6 Å². The summed E-state index contributed by atoms with van der Waals surface area (Å²) >= 11 is 12.3. The van der Waals surface area contributed by atoms with E-state index >= 15 is 0 Å². The summed E-state index contributed by atoms with van der Waals surface area (Å²) in [4.78, 5) is 0. The molecule has 2 rings (SSSR count). The summed E-state index contributed by atoms with van der Waals surface area (Å²) in [5.74, 6) is -1.70. The van der Waals surface area contributed by atoms with Crippen molar-refractivity contribution in [1.82, 2.24) is 0 Å². The molecule has 0 bridgehead atoms. The zero-order chi connectivity index (χ0) is 14.0. The van der Waals surface area contributed by atoms with E-state index in [9.17, 15) is 8.78 Å². The quantitative estimate of drug-likeness (QED) is 0.661. The molecule has 0 radical (unpaired) electrons. The fraction of sp³-hybridized carbons (Fsp3) is 0.200. The number of rotatable bonds is 3. The van der Waals surface area contributed by atoms with Gasteiger partial charge in [-0.1, -0.05) is 35.9 Å². The third kappa shape index (κ3) is 3.07. The van der Waals surface area contributed by atoms with Crippen LogP contribution in [0.4, 0.5) is 8.78 Å². The lowest BCUT2D eigenvalue weighted by molar-refractivity contribution is 0.498. The van der Waals surface area contributed by atoms with Gasteiger partial charge in [0.25, 0.3) is 0 Å². The van der Waals surface area contributed by atoms with E-state index in [1.807, 2.05) is 13.0 Å². The van der Waals surface area contributed by atoms with Crippen molar-refractivity contribution >= 4 is 23.2 Å². The largest absolute Gasteiger partial charge is 0.204 e. The standard InChI is InChI=1S/C15H12Cl2F2/c1-9-11(5-3-6-12(9)16)13(17)8-10-4-2-7-14(18)15(10)19/h2-7,13H,8H2,1H3. The Morgan fingerprint density at radius 1 is 1.11 bits per heavy atom. The average molecular weight is 301 g/mol. The van der Waals surface area contributed by atoms with E-state index in [1.165, 1.54) is 12.1 Å². The van der Waals surface area contributed by atoms with Crippen LogP contribution in [0.3, 0.4) is 0 Å². The lowest BCUT2D eigenvalue weighted by Gasteiger charge is -2.14. The Kier molecular flexibility index (Phi) is 4.43. The fourth-order valence-corrected chi connectivity index (χ4v) is 2.56. The van der Waals surface area contributed by atoms with Gasteiger partial charge in [0.2, 0.25) is 0 Å². The fourth-order valence-electron chi connectivity index (χ4n) is 1.97. The van der Waals surface area contributed by atoms with E-state index in [0.717, 1.165) is 17.2 Å². The summed E-state index contributed by atoms with van der Waals surface area (Å²) in [6.45, 7) is 1.86. The minimum Gasteiger partial charge on any atom is -0.204 e. The summed E-state index contributed by atoms with van der Waals surface area (Å²) in [6, 6.07) is 9.51. The highest BCUT2D eigenvalue weighted by molar-refractivity contribution is 6.31. The van der Waals surface area contributed by atoms with Crippen LogP contribution in [0.25, 0.3) is 0 Å². The summed E-state index contributed by atoms with van der Waals surface area (Å²) in [5.41, 5.74) is 1.96. The van der Waals surface area contributed by atoms with E-state index in [4.69, 9.17) is 23.2 Å². The molecule has 0 aliphatic heterocycles. The van der Waals surface area contributed by atoms with Crippen LogP contribution in [0.1, 0.15) is 22.1 Å². The Morgan fingerprint density at radius 2 is 1.79 bits per heavy atom. The van der Waals surface area contributed by atoms with Gasteiger partial charge in [-0.2, -0.15) is 0 Å². The highest BCUT2D eigenvalue weighted by Gasteiger charge is 2.16. The number of benzene rings is 2. The molecule has 0 spiro atoms. The van der Waals surface area contributed by atoms with Crippen LogP contribution >= 0.6 is 23.2 Å². The van der Waals surface area contributed by atoms with Crippen LogP contribution in [0.2, 0.25) is 5.02 Å². The predicted molar refractivity (Wildman–Crippen MR) is 74.8 cm³/mol. The van der Waals surface area contributed by atoms with Crippen molar-refractivity contribution in [3.05, 3.63) is 69.7 Å². The van der Waals surface area contributed by atoms with E-state index in [0.29, 0.717) is 5.02 Å². The molecule has 0 nitrogen and oxygen atoms in total. The Bertz CT molecular complexity index is 597. The smallest absolute Gasteiger partial charge is 0.162 e. The Labute approximate surface area is 121 Å². The van der Waals surface area contributed by atoms with Gasteiger partial charge in [-0.25, -0.2) is 8.78 Å². The highest BCUT2D eigenvalue weighted by Crippen LogP contribution is 2.31. The van der Waals surface area contributed by atoms with Crippen LogP contribution in [0.5, 0.6) is 0 Å². The van der Waals surface area contributed by atoms with Gasteiger partial charge in [0.15, 0.2) is 11.6 Å². The lowest BCUT2D eigenvalue weighted by atomic mass is 9.99. The summed E-state index contributed by atoms with van der Waals surface area (Å²) in [7, 11) is 0. The van der Waals surface area contributed by atoms with Crippen molar-refractivity contribution in [2.75, 3.05) is 0 Å². The van der Waals surface area contributed by atoms with Crippen molar-refractivity contribution in [3.63, 3.8) is 0 Å². The third-order valence-electron chi connectivity index (χ3n) is 3.08. The van der Waals surface area contributed by atoms with E-state index < -0.39 is 17.0 Å². The molecule has 0 saturated heterocycles. The SMILES string of the molecule is Cc1c(Cl)cccc1C(Cl)Cc1cccc(F)c1F. The van der Waals surface area contributed by atoms with Crippen molar-refractivity contribution in [3.8, 4) is 0 Å². The van der Waals surface area contributed by atoms with E-state index in [-0.39, 0.29) is 12.0 Å². The summed E-state index contributed by atoms with van der Waals surface area (Å²) < 4.78 is 26.7. The minimum absolute atomic E-state index is 0.215. The first-order valence-electron chi connectivity index (χ1n) is 5.82. The molecule has 0 aliphatic rings. The molecule has 0 saturated carbocycles. The normalized spacial score (nSPS) is 12.5. The number of alkyl halides is 1. The third-order valence-corrected chi connectivity index (χ3v) is 3.88. The Hall–Kier alpha value is -1.12. The van der Waals surface area contributed by atoms with Crippen LogP contribution in [0.15, 0.2) is 36.4 Å². The molecule has 0 aromatic heterocycles. The second-order valence-electron chi connectivity index (χ2n) is 4.34. The van der Waals surface area contributed by atoms with Crippen LogP contribution < -0.4 is 0 Å². The molecule has 0 amide bonds. The molecule has 4 heteroatoms. The first-order chi connectivity index (χ1) is 9.00. The lowest BCUT2D eigenvalue weighted by Crippen LogP contribution is -2.02. The van der Waals surface area contributed by atoms with Gasteiger partial charge in [-0.3, -0.25) is 0 Å². The van der Waals surface area contributed by atoms with Gasteiger partial charge in [0.05, 0.1) is 5.38 Å². The summed E-state index contributed by atoms with van der Waals surface area (Å²) in [5, 5.41) is 0.165. The molecule has 2 aromatic carbocycles. The Morgan fingerprint density at radius 3 is 2.53 bits per heavy atom. The van der Waals surface area contributed by atoms with Crippen molar-refractivity contribution in [2.45, 2.75) is 18.7 Å². The molecule has 1 atom stereocenters. The predicted octanol–water partition coefficient (Wildman–Crippen LogP) is 5.45. The first kappa shape index (κ1) is 14.3. The molecule has 100 valence electrons. The highest BCUT2D eigenvalue weighted by atomic mass is 35.5. The zero-order valence-electron chi connectivity index (χ0n) is 10.3. The first-order valence-corrected chi connectivity index (χ1v) is 6.64. The van der Waals surface area contributed by atoms with Crippen molar-refractivity contribution in [1.29, 1.82) is 0 Å². The maximum Gasteiger partial charge on any atom is 0.162 e. The molecule has 0 N–H and O–H groups in total. The number of halogens is 4. The number of hydrogen-bond acceptors (Lipinski definition) is 0. The van der Waals surface area contributed by atoms with E-state index in [1.54, 1.807) is 12.1 Å². The van der Waals surface area contributed by atoms with Gasteiger partial charge < -0.3 is 0 Å². The van der Waals surface area contributed by atoms with Crippen LogP contribution in [0, 0.1) is 18.6 Å². The molecule has 0 aliphatic carbocycles. The molecule has 0 fully saturated rings. The second-order valence-corrected chi connectivity index (χ2v) is 5.27. The molecule has 1 unspecified atom stereocenters. The summed E-state index contributed by atoms with van der Waals surface area (Å²) in [6.07, 6.45) is 0.215. The molecule has 19 heavy (non-hydrogen) atoms. The number of hydrogen-bond donors (Lipinski definition) is 0. The molecule has 0 heterocycles. The van der Waals surface area contributed by atoms with Crippen molar-refractivity contribution < 1.29 is 8.78 Å². The van der Waals surface area contributed by atoms with Gasteiger partial charge in [0.1, 0.15) is 0 Å². The van der Waals surface area contributed by atoms with Crippen molar-refractivity contribution in [2.24, 2.45) is 0 Å². The zero-order valence-corrected chi connectivity index (χ0v) is 11.8. The van der Waals surface area contributed by atoms with Gasteiger partial charge in [0, 0.05) is 5.02 Å². The molecular weight excluding hydrogens is 289 g/mol.